The number of allylic oxidation sites excluding steroid dienone is 3. The fourth-order valence-corrected chi connectivity index (χ4v) is 1.42. The van der Waals surface area contributed by atoms with Crippen molar-refractivity contribution in [2.24, 2.45) is 0 Å². The Hall–Kier alpha value is -0.730. The Bertz CT molecular complexity index is 233. The molecule has 0 aromatic heterocycles. The van der Waals surface area contributed by atoms with Gasteiger partial charge < -0.3 is 0 Å². The molecule has 0 aromatic carbocycles. The first kappa shape index (κ1) is 9.36. The molecule has 0 saturated carbocycles. The minimum Gasteiger partial charge on any atom is -0.171 e. The summed E-state index contributed by atoms with van der Waals surface area (Å²) in [6.07, 6.45) is -3.47. The topological polar surface area (TPSA) is 0 Å². The lowest BCUT2D eigenvalue weighted by molar-refractivity contribution is -0.126. The van der Waals surface area contributed by atoms with E-state index in [9.17, 15) is 13.2 Å². The van der Waals surface area contributed by atoms with Gasteiger partial charge in [0.15, 0.2) is 0 Å². The van der Waals surface area contributed by atoms with Crippen molar-refractivity contribution in [2.75, 3.05) is 0 Å². The lowest BCUT2D eigenvalue weighted by Crippen LogP contribution is -2.08. The molecule has 0 radical (unpaired) electrons. The quantitative estimate of drug-likeness (QED) is 0.572. The molecule has 3 heteroatoms. The second kappa shape index (κ2) is 2.96. The van der Waals surface area contributed by atoms with Crippen molar-refractivity contribution >= 4 is 0 Å². The molecular weight excluding hydrogens is 165 g/mol. The molecule has 0 atom stereocenters. The van der Waals surface area contributed by atoms with E-state index in [1.54, 1.807) is 6.92 Å². The molecule has 1 rings (SSSR count). The number of halogens is 3. The zero-order valence-corrected chi connectivity index (χ0v) is 6.96. The SMILES string of the molecule is C=C1CCC(C)=C1CC(F)(F)F. The summed E-state index contributed by atoms with van der Waals surface area (Å²) in [5, 5.41) is 0. The van der Waals surface area contributed by atoms with Gasteiger partial charge in [-0.2, -0.15) is 13.2 Å². The maximum absolute atomic E-state index is 12.0. The molecule has 0 heterocycles. The van der Waals surface area contributed by atoms with Gasteiger partial charge in [-0.1, -0.05) is 17.7 Å². The van der Waals surface area contributed by atoms with Gasteiger partial charge in [0.1, 0.15) is 0 Å². The maximum Gasteiger partial charge on any atom is 0.393 e. The van der Waals surface area contributed by atoms with E-state index < -0.39 is 12.6 Å². The van der Waals surface area contributed by atoms with Gasteiger partial charge in [0.2, 0.25) is 0 Å². The van der Waals surface area contributed by atoms with E-state index in [1.165, 1.54) is 0 Å². The molecular formula is C9H11F3. The van der Waals surface area contributed by atoms with Crippen molar-refractivity contribution in [1.29, 1.82) is 0 Å². The van der Waals surface area contributed by atoms with E-state index in [0.717, 1.165) is 12.0 Å². The van der Waals surface area contributed by atoms with Crippen molar-refractivity contribution < 1.29 is 13.2 Å². The highest BCUT2D eigenvalue weighted by Gasteiger charge is 2.31. The third kappa shape index (κ3) is 2.13. The predicted octanol–water partition coefficient (Wildman–Crippen LogP) is 3.61. The summed E-state index contributed by atoms with van der Waals surface area (Å²) in [5.74, 6) is 0. The van der Waals surface area contributed by atoms with Gasteiger partial charge in [0, 0.05) is 0 Å². The summed E-state index contributed by atoms with van der Waals surface area (Å²) in [4.78, 5) is 0. The molecule has 0 nitrogen and oxygen atoms in total. The monoisotopic (exact) mass is 176 g/mol. The molecule has 68 valence electrons. The highest BCUT2D eigenvalue weighted by molar-refractivity contribution is 5.38. The lowest BCUT2D eigenvalue weighted by Gasteiger charge is -2.09. The Balaban J connectivity index is 2.75. The van der Waals surface area contributed by atoms with Crippen LogP contribution in [0.5, 0.6) is 0 Å². The summed E-state index contributed by atoms with van der Waals surface area (Å²) >= 11 is 0. The van der Waals surface area contributed by atoms with Crippen LogP contribution < -0.4 is 0 Å². The van der Waals surface area contributed by atoms with Gasteiger partial charge in [-0.3, -0.25) is 0 Å². The number of hydrogen-bond donors (Lipinski definition) is 0. The largest absolute Gasteiger partial charge is 0.393 e. The standard InChI is InChI=1S/C9H11F3/c1-6-3-4-7(2)8(6)5-9(10,11)12/h1,3-5H2,2H3. The van der Waals surface area contributed by atoms with E-state index in [1.807, 2.05) is 0 Å². The summed E-state index contributed by atoms with van der Waals surface area (Å²) in [6, 6.07) is 0. The van der Waals surface area contributed by atoms with Crippen LogP contribution in [0.15, 0.2) is 23.3 Å². The van der Waals surface area contributed by atoms with Crippen LogP contribution in [-0.4, -0.2) is 6.18 Å². The Labute approximate surface area is 69.8 Å². The minimum atomic E-state index is -4.09. The van der Waals surface area contributed by atoms with Gasteiger partial charge in [-0.15, -0.1) is 0 Å². The van der Waals surface area contributed by atoms with Gasteiger partial charge in [0.25, 0.3) is 0 Å². The third-order valence-corrected chi connectivity index (χ3v) is 2.12. The Morgan fingerprint density at radius 1 is 1.33 bits per heavy atom. The summed E-state index contributed by atoms with van der Waals surface area (Å²) in [6.45, 7) is 5.36. The highest BCUT2D eigenvalue weighted by Crippen LogP contribution is 2.37. The van der Waals surface area contributed by atoms with Gasteiger partial charge in [-0.05, 0) is 25.3 Å². The van der Waals surface area contributed by atoms with E-state index in [2.05, 4.69) is 6.58 Å². The number of rotatable bonds is 1. The Morgan fingerprint density at radius 3 is 2.25 bits per heavy atom. The fourth-order valence-electron chi connectivity index (χ4n) is 1.42. The van der Waals surface area contributed by atoms with Crippen LogP contribution in [0.25, 0.3) is 0 Å². The summed E-state index contributed by atoms with van der Waals surface area (Å²) in [5.41, 5.74) is 1.92. The number of hydrogen-bond acceptors (Lipinski definition) is 0. The Morgan fingerprint density at radius 2 is 1.92 bits per heavy atom. The van der Waals surface area contributed by atoms with Crippen LogP contribution in [0.2, 0.25) is 0 Å². The lowest BCUT2D eigenvalue weighted by atomic mass is 10.1. The first-order valence-electron chi connectivity index (χ1n) is 3.83. The fraction of sp³-hybridized carbons (Fsp3) is 0.556. The van der Waals surface area contributed by atoms with E-state index >= 15 is 0 Å². The molecule has 0 spiro atoms. The van der Waals surface area contributed by atoms with Crippen molar-refractivity contribution in [2.45, 2.75) is 32.4 Å². The smallest absolute Gasteiger partial charge is 0.171 e. The molecule has 0 fully saturated rings. The van der Waals surface area contributed by atoms with E-state index in [4.69, 9.17) is 0 Å². The molecule has 1 aliphatic rings. The van der Waals surface area contributed by atoms with Crippen LogP contribution in [0.1, 0.15) is 26.2 Å². The van der Waals surface area contributed by atoms with Crippen LogP contribution in [0.4, 0.5) is 13.2 Å². The second-order valence-electron chi connectivity index (χ2n) is 3.15. The first-order chi connectivity index (χ1) is 5.40. The molecule has 0 N–H and O–H groups in total. The van der Waals surface area contributed by atoms with Crippen LogP contribution in [-0.2, 0) is 0 Å². The summed E-state index contributed by atoms with van der Waals surface area (Å²) < 4.78 is 35.9. The molecule has 0 saturated heterocycles. The van der Waals surface area contributed by atoms with Gasteiger partial charge >= 0.3 is 6.18 Å². The van der Waals surface area contributed by atoms with Crippen molar-refractivity contribution in [3.63, 3.8) is 0 Å². The molecule has 1 aliphatic carbocycles. The van der Waals surface area contributed by atoms with Crippen molar-refractivity contribution in [1.82, 2.24) is 0 Å². The molecule has 0 amide bonds. The van der Waals surface area contributed by atoms with Crippen LogP contribution >= 0.6 is 0 Å². The van der Waals surface area contributed by atoms with Crippen LogP contribution in [0, 0.1) is 0 Å². The average Bonchev–Trinajstić information content (AvgIpc) is 2.16. The van der Waals surface area contributed by atoms with Gasteiger partial charge in [0.05, 0.1) is 6.42 Å². The molecule has 0 aliphatic heterocycles. The number of alkyl halides is 3. The molecule has 0 bridgehead atoms. The summed E-state index contributed by atoms with van der Waals surface area (Å²) in [7, 11) is 0. The average molecular weight is 176 g/mol. The van der Waals surface area contributed by atoms with Crippen molar-refractivity contribution in [3.05, 3.63) is 23.3 Å². The zero-order valence-electron chi connectivity index (χ0n) is 6.96. The zero-order chi connectivity index (χ0) is 9.35. The minimum absolute atomic E-state index is 0.419. The molecule has 0 aromatic rings. The Kier molecular flexibility index (Phi) is 2.31. The van der Waals surface area contributed by atoms with Crippen LogP contribution in [0.3, 0.4) is 0 Å². The maximum atomic E-state index is 12.0. The molecule has 12 heavy (non-hydrogen) atoms. The third-order valence-electron chi connectivity index (χ3n) is 2.12. The first-order valence-corrected chi connectivity index (χ1v) is 3.83. The predicted molar refractivity (Wildman–Crippen MR) is 41.7 cm³/mol. The molecule has 0 unspecified atom stereocenters. The van der Waals surface area contributed by atoms with Gasteiger partial charge in [-0.25, -0.2) is 0 Å². The highest BCUT2D eigenvalue weighted by atomic mass is 19.4. The normalized spacial score (nSPS) is 19.2. The van der Waals surface area contributed by atoms with E-state index in [-0.39, 0.29) is 0 Å². The van der Waals surface area contributed by atoms with Crippen molar-refractivity contribution in [3.8, 4) is 0 Å². The van der Waals surface area contributed by atoms with E-state index in [0.29, 0.717) is 17.6 Å². The second-order valence-corrected chi connectivity index (χ2v) is 3.15.